The topological polar surface area (TPSA) is 123 Å². The maximum absolute atomic E-state index is 12.9. The molecule has 0 bridgehead atoms. The van der Waals surface area contributed by atoms with Gasteiger partial charge in [-0.3, -0.25) is 10.2 Å². The lowest BCUT2D eigenvalue weighted by atomic mass is 9.98. The van der Waals surface area contributed by atoms with E-state index in [0.29, 0.717) is 37.6 Å². The van der Waals surface area contributed by atoms with Crippen molar-refractivity contribution in [2.45, 2.75) is 24.7 Å². The van der Waals surface area contributed by atoms with Crippen molar-refractivity contribution >= 4 is 22.0 Å². The number of piperidine rings is 1. The molecule has 28 heavy (non-hydrogen) atoms. The van der Waals surface area contributed by atoms with Gasteiger partial charge < -0.3 is 14.2 Å². The Morgan fingerprint density at radius 1 is 1.14 bits per heavy atom. The summed E-state index contributed by atoms with van der Waals surface area (Å²) in [7, 11) is -3.70. The zero-order valence-corrected chi connectivity index (χ0v) is 16.3. The SMILES string of the molecule is CCOC(=O)NNC(=O)C1CCN(S(=O)(=O)c2ccc3c(c2)OCCO3)CC1. The first-order chi connectivity index (χ1) is 13.4. The van der Waals surface area contributed by atoms with Crippen molar-refractivity contribution in [3.05, 3.63) is 18.2 Å². The van der Waals surface area contributed by atoms with Gasteiger partial charge in [-0.05, 0) is 31.9 Å². The van der Waals surface area contributed by atoms with Crippen LogP contribution in [0.2, 0.25) is 0 Å². The molecule has 1 aromatic carbocycles. The lowest BCUT2D eigenvalue weighted by molar-refractivity contribution is -0.127. The highest BCUT2D eigenvalue weighted by atomic mass is 32.2. The van der Waals surface area contributed by atoms with Crippen molar-refractivity contribution in [3.63, 3.8) is 0 Å². The Hall–Kier alpha value is -2.53. The highest BCUT2D eigenvalue weighted by Gasteiger charge is 2.33. The number of hydrogen-bond acceptors (Lipinski definition) is 7. The number of rotatable bonds is 4. The summed E-state index contributed by atoms with van der Waals surface area (Å²) in [5.41, 5.74) is 4.45. The van der Waals surface area contributed by atoms with E-state index in [0.717, 1.165) is 0 Å². The van der Waals surface area contributed by atoms with E-state index in [9.17, 15) is 18.0 Å². The number of nitrogens with one attached hydrogen (secondary N) is 2. The molecule has 154 valence electrons. The molecular formula is C17H23N3O7S. The Balaban J connectivity index is 1.58. The molecule has 2 aliphatic rings. The Morgan fingerprint density at radius 3 is 2.50 bits per heavy atom. The number of nitrogens with zero attached hydrogens (tertiary/aromatic N) is 1. The fourth-order valence-corrected chi connectivity index (χ4v) is 4.56. The van der Waals surface area contributed by atoms with Crippen LogP contribution in [-0.4, -0.2) is 57.6 Å². The maximum Gasteiger partial charge on any atom is 0.426 e. The fraction of sp³-hybridized carbons (Fsp3) is 0.529. The summed E-state index contributed by atoms with van der Waals surface area (Å²) in [5.74, 6) is 0.166. The Labute approximate surface area is 163 Å². The summed E-state index contributed by atoms with van der Waals surface area (Å²) in [6.45, 7) is 3.05. The highest BCUT2D eigenvalue weighted by Crippen LogP contribution is 2.34. The molecule has 1 fully saturated rings. The number of hydrogen-bond donors (Lipinski definition) is 2. The van der Waals surface area contributed by atoms with Crippen LogP contribution in [-0.2, 0) is 19.6 Å². The molecule has 11 heteroatoms. The monoisotopic (exact) mass is 413 g/mol. The van der Waals surface area contributed by atoms with Crippen LogP contribution in [0.4, 0.5) is 4.79 Å². The van der Waals surface area contributed by atoms with Crippen LogP contribution < -0.4 is 20.3 Å². The van der Waals surface area contributed by atoms with Crippen LogP contribution >= 0.6 is 0 Å². The minimum absolute atomic E-state index is 0.128. The number of sulfonamides is 1. The lowest BCUT2D eigenvalue weighted by Crippen LogP contribution is -2.48. The van der Waals surface area contributed by atoms with Crippen LogP contribution in [0, 0.1) is 5.92 Å². The van der Waals surface area contributed by atoms with Gasteiger partial charge >= 0.3 is 6.09 Å². The highest BCUT2D eigenvalue weighted by molar-refractivity contribution is 7.89. The molecule has 0 unspecified atom stereocenters. The largest absolute Gasteiger partial charge is 0.486 e. The Bertz CT molecular complexity index is 835. The van der Waals surface area contributed by atoms with Crippen molar-refractivity contribution < 1.29 is 32.2 Å². The van der Waals surface area contributed by atoms with E-state index in [4.69, 9.17) is 9.47 Å². The molecule has 1 aromatic rings. The average Bonchev–Trinajstić information content (AvgIpc) is 2.72. The van der Waals surface area contributed by atoms with Crippen LogP contribution in [0.15, 0.2) is 23.1 Å². The predicted molar refractivity (Wildman–Crippen MR) is 97.2 cm³/mol. The van der Waals surface area contributed by atoms with E-state index in [1.165, 1.54) is 16.4 Å². The minimum atomic E-state index is -3.70. The zero-order valence-electron chi connectivity index (χ0n) is 15.5. The molecule has 0 spiro atoms. The number of carbonyl (C=O) groups excluding carboxylic acids is 2. The third-order valence-corrected chi connectivity index (χ3v) is 6.43. The quantitative estimate of drug-likeness (QED) is 0.694. The summed E-state index contributed by atoms with van der Waals surface area (Å²) in [4.78, 5) is 23.5. The van der Waals surface area contributed by atoms with Crippen molar-refractivity contribution in [1.29, 1.82) is 0 Å². The summed E-state index contributed by atoms with van der Waals surface area (Å²) < 4.78 is 42.7. The fourth-order valence-electron chi connectivity index (χ4n) is 3.07. The molecule has 10 nitrogen and oxygen atoms in total. The third kappa shape index (κ3) is 4.47. The van der Waals surface area contributed by atoms with Crippen molar-refractivity contribution in [1.82, 2.24) is 15.2 Å². The van der Waals surface area contributed by atoms with Crippen molar-refractivity contribution in [2.75, 3.05) is 32.9 Å². The van der Waals surface area contributed by atoms with Gasteiger partial charge in [-0.25, -0.2) is 18.6 Å². The number of amides is 2. The number of benzene rings is 1. The van der Waals surface area contributed by atoms with Gasteiger partial charge in [-0.15, -0.1) is 0 Å². The number of fused-ring (bicyclic) bond motifs is 1. The molecule has 2 heterocycles. The average molecular weight is 413 g/mol. The predicted octanol–water partition coefficient (Wildman–Crippen LogP) is 0.636. The van der Waals surface area contributed by atoms with Crippen LogP contribution in [0.25, 0.3) is 0 Å². The smallest absolute Gasteiger partial charge is 0.426 e. The first-order valence-electron chi connectivity index (χ1n) is 9.04. The summed E-state index contributed by atoms with van der Waals surface area (Å²) in [6, 6.07) is 4.54. The molecule has 2 aliphatic heterocycles. The normalized spacial score (nSPS) is 17.6. The van der Waals surface area contributed by atoms with Crippen LogP contribution in [0.3, 0.4) is 0 Å². The first kappa shape index (κ1) is 20.2. The van der Waals surface area contributed by atoms with E-state index < -0.39 is 22.0 Å². The summed E-state index contributed by atoms with van der Waals surface area (Å²) in [6.07, 6.45) is -0.0465. The van der Waals surface area contributed by atoms with Gasteiger partial charge in [0.2, 0.25) is 15.9 Å². The molecule has 0 aromatic heterocycles. The standard InChI is InChI=1S/C17H23N3O7S/c1-2-25-17(22)19-18-16(21)12-5-7-20(8-6-12)28(23,24)13-3-4-14-15(11-13)27-10-9-26-14/h3-4,11-12H,2,5-10H2,1H3,(H,18,21)(H,19,22). The van der Waals surface area contributed by atoms with Gasteiger partial charge in [-0.2, -0.15) is 4.31 Å². The molecular weight excluding hydrogens is 390 g/mol. The second-order valence-corrected chi connectivity index (χ2v) is 8.26. The van der Waals surface area contributed by atoms with Gasteiger partial charge in [0, 0.05) is 25.1 Å². The van der Waals surface area contributed by atoms with Gasteiger partial charge in [0.1, 0.15) is 13.2 Å². The van der Waals surface area contributed by atoms with Gasteiger partial charge in [0.25, 0.3) is 0 Å². The number of carbonyl (C=O) groups is 2. The Kier molecular flexibility index (Phi) is 6.25. The molecule has 0 saturated carbocycles. The van der Waals surface area contributed by atoms with Gasteiger partial charge in [0.05, 0.1) is 11.5 Å². The van der Waals surface area contributed by atoms with Gasteiger partial charge in [0.15, 0.2) is 11.5 Å². The van der Waals surface area contributed by atoms with E-state index >= 15 is 0 Å². The van der Waals surface area contributed by atoms with Crippen molar-refractivity contribution in [2.24, 2.45) is 5.92 Å². The third-order valence-electron chi connectivity index (χ3n) is 4.54. The molecule has 0 atom stereocenters. The number of ether oxygens (including phenoxy) is 3. The molecule has 2 amide bonds. The summed E-state index contributed by atoms with van der Waals surface area (Å²) in [5, 5.41) is 0. The maximum atomic E-state index is 12.9. The second-order valence-electron chi connectivity index (χ2n) is 6.32. The number of hydrazine groups is 1. The molecule has 1 saturated heterocycles. The molecule has 2 N–H and O–H groups in total. The summed E-state index contributed by atoms with van der Waals surface area (Å²) >= 11 is 0. The zero-order chi connectivity index (χ0) is 20.1. The first-order valence-corrected chi connectivity index (χ1v) is 10.5. The van der Waals surface area contributed by atoms with E-state index in [-0.39, 0.29) is 30.5 Å². The Morgan fingerprint density at radius 2 is 1.82 bits per heavy atom. The lowest BCUT2D eigenvalue weighted by Gasteiger charge is -2.30. The van der Waals surface area contributed by atoms with Crippen LogP contribution in [0.1, 0.15) is 19.8 Å². The molecule has 0 radical (unpaired) electrons. The van der Waals surface area contributed by atoms with Crippen molar-refractivity contribution in [3.8, 4) is 11.5 Å². The molecule has 3 rings (SSSR count). The van der Waals surface area contributed by atoms with Gasteiger partial charge in [-0.1, -0.05) is 0 Å². The molecule has 0 aliphatic carbocycles. The minimum Gasteiger partial charge on any atom is -0.486 e. The van der Waals surface area contributed by atoms with E-state index in [1.807, 2.05) is 0 Å². The second kappa shape index (κ2) is 8.65. The van der Waals surface area contributed by atoms with E-state index in [2.05, 4.69) is 15.6 Å². The van der Waals surface area contributed by atoms with E-state index in [1.54, 1.807) is 13.0 Å². The van der Waals surface area contributed by atoms with Crippen LogP contribution in [0.5, 0.6) is 11.5 Å².